The van der Waals surface area contributed by atoms with Crippen molar-refractivity contribution in [2.45, 2.75) is 50.1 Å². The number of hydrogen-bond donors (Lipinski definition) is 2. The highest BCUT2D eigenvalue weighted by molar-refractivity contribution is 7.99. The molecule has 0 aliphatic carbocycles. The molecule has 0 saturated carbocycles. The van der Waals surface area contributed by atoms with Gasteiger partial charge in [-0.2, -0.15) is 13.2 Å². The lowest BCUT2D eigenvalue weighted by atomic mass is 10.0. The van der Waals surface area contributed by atoms with Crippen molar-refractivity contribution in [3.63, 3.8) is 0 Å². The first kappa shape index (κ1) is 30.0. The fourth-order valence-corrected chi connectivity index (χ4v) is 5.56. The molecule has 0 fully saturated rings. The molecule has 0 aliphatic heterocycles. The van der Waals surface area contributed by atoms with Gasteiger partial charge in [0.1, 0.15) is 18.4 Å². The van der Waals surface area contributed by atoms with Gasteiger partial charge < -0.3 is 15.2 Å². The van der Waals surface area contributed by atoms with E-state index >= 15 is 0 Å². The van der Waals surface area contributed by atoms with E-state index in [0.29, 0.717) is 16.7 Å². The molecular weight excluding hydrogens is 551 g/mol. The Balaban J connectivity index is 1.58. The summed E-state index contributed by atoms with van der Waals surface area (Å²) >= 11 is 1.43. The van der Waals surface area contributed by atoms with Crippen molar-refractivity contribution in [1.82, 2.24) is 5.32 Å². The molecule has 0 aromatic heterocycles. The lowest BCUT2D eigenvalue weighted by Crippen LogP contribution is -2.52. The lowest BCUT2D eigenvalue weighted by Gasteiger charge is -2.32. The van der Waals surface area contributed by atoms with Gasteiger partial charge in [-0.3, -0.25) is 4.79 Å². The van der Waals surface area contributed by atoms with Crippen LogP contribution in [-0.4, -0.2) is 27.8 Å². The number of nitrogens with one attached hydrogen (secondary N) is 1. The largest absolute Gasteiger partial charge is 0.487 e. The Morgan fingerprint density at radius 2 is 1.59 bits per heavy atom. The summed E-state index contributed by atoms with van der Waals surface area (Å²) in [5.74, 6) is -1.02. The van der Waals surface area contributed by atoms with Gasteiger partial charge in [0, 0.05) is 15.9 Å². The smallest absolute Gasteiger partial charge is 0.416 e. The van der Waals surface area contributed by atoms with Gasteiger partial charge in [0.05, 0.1) is 11.1 Å². The summed E-state index contributed by atoms with van der Waals surface area (Å²) in [4.78, 5) is 25.9. The number of hydrogen-bond acceptors (Lipinski definition) is 4. The Labute approximate surface area is 240 Å². The minimum Gasteiger partial charge on any atom is -0.487 e. The molecule has 214 valence electrons. The predicted molar refractivity (Wildman–Crippen MR) is 155 cm³/mol. The molecule has 0 radical (unpaired) electrons. The maximum absolute atomic E-state index is 13.6. The van der Waals surface area contributed by atoms with Gasteiger partial charge in [0.2, 0.25) is 0 Å². The van der Waals surface area contributed by atoms with E-state index in [0.717, 1.165) is 28.6 Å². The van der Waals surface area contributed by atoms with Crippen LogP contribution < -0.4 is 10.1 Å². The van der Waals surface area contributed by atoms with Crippen LogP contribution in [0.3, 0.4) is 0 Å². The number of aliphatic carboxylic acids is 1. The number of alkyl halides is 3. The number of carbonyl (C=O) groups is 2. The van der Waals surface area contributed by atoms with Gasteiger partial charge in [-0.15, -0.1) is 11.8 Å². The second-order valence-electron chi connectivity index (χ2n) is 10.2. The van der Waals surface area contributed by atoms with Gasteiger partial charge >= 0.3 is 12.1 Å². The number of ether oxygens (including phenoxy) is 1. The monoisotopic (exact) mass is 581 g/mol. The van der Waals surface area contributed by atoms with Gasteiger partial charge in [-0.1, -0.05) is 66.7 Å². The molecule has 4 aromatic rings. The van der Waals surface area contributed by atoms with Crippen LogP contribution >= 0.6 is 11.8 Å². The fourth-order valence-electron chi connectivity index (χ4n) is 4.38. The fraction of sp³-hybridized carbons (Fsp3) is 0.250. The van der Waals surface area contributed by atoms with Crippen molar-refractivity contribution in [1.29, 1.82) is 0 Å². The number of carboxylic acids is 1. The Hall–Kier alpha value is -3.98. The third kappa shape index (κ3) is 7.21. The summed E-state index contributed by atoms with van der Waals surface area (Å²) < 4.78 is 44.1. The zero-order valence-electron chi connectivity index (χ0n) is 22.8. The molecule has 4 aromatic carbocycles. The van der Waals surface area contributed by atoms with E-state index in [4.69, 9.17) is 4.74 Å². The molecule has 0 spiro atoms. The maximum Gasteiger partial charge on any atom is 0.416 e. The normalized spacial score (nSPS) is 12.6. The van der Waals surface area contributed by atoms with Crippen molar-refractivity contribution in [3.8, 4) is 5.75 Å². The summed E-state index contributed by atoms with van der Waals surface area (Å²) in [7, 11) is 0. The van der Waals surface area contributed by atoms with Crippen LogP contribution in [0.2, 0.25) is 0 Å². The molecule has 0 aliphatic rings. The third-order valence-electron chi connectivity index (χ3n) is 6.87. The number of carbonyl (C=O) groups excluding carboxylic acids is 1. The number of benzene rings is 4. The highest BCUT2D eigenvalue weighted by atomic mass is 32.2. The van der Waals surface area contributed by atoms with E-state index in [1.165, 1.54) is 23.9 Å². The van der Waals surface area contributed by atoms with Crippen molar-refractivity contribution in [2.24, 2.45) is 0 Å². The van der Waals surface area contributed by atoms with E-state index < -0.39 is 34.4 Å². The zero-order valence-corrected chi connectivity index (χ0v) is 23.6. The summed E-state index contributed by atoms with van der Waals surface area (Å²) in [6, 6.07) is 21.7. The Morgan fingerprint density at radius 1 is 0.927 bits per heavy atom. The summed E-state index contributed by atoms with van der Waals surface area (Å²) in [6.45, 7) is 5.45. The number of rotatable bonds is 10. The van der Waals surface area contributed by atoms with E-state index in [9.17, 15) is 27.9 Å². The number of carboxylic acid groups (broad SMARTS) is 1. The zero-order chi connectivity index (χ0) is 29.8. The summed E-state index contributed by atoms with van der Waals surface area (Å²) in [6.07, 6.45) is -4.45. The molecule has 1 atom stereocenters. The van der Waals surface area contributed by atoms with Crippen LogP contribution in [0, 0.1) is 6.92 Å². The number of aryl methyl sites for hydroxylation is 1. The number of fused-ring (bicyclic) bond motifs is 1. The predicted octanol–water partition coefficient (Wildman–Crippen LogP) is 7.64. The standard InChI is InChI=1S/C32H30F3NO4S/c1-20-8-4-5-10-23(20)19-41-31(2,3)28(30(38)39)36-29(37)26-17-14-22-9-6-7-11-25(22)27(26)40-18-21-12-15-24(16-13-21)32(33,34)35/h4-17,28H,18-19H2,1-3H3,(H,36,37)(H,38,39). The van der Waals surface area contributed by atoms with Crippen molar-refractivity contribution >= 4 is 34.4 Å². The second kappa shape index (κ2) is 12.3. The molecule has 9 heteroatoms. The van der Waals surface area contributed by atoms with E-state index in [1.807, 2.05) is 43.3 Å². The minimum absolute atomic E-state index is 0.0907. The topological polar surface area (TPSA) is 75.6 Å². The first-order valence-electron chi connectivity index (χ1n) is 12.9. The summed E-state index contributed by atoms with van der Waals surface area (Å²) in [5, 5.41) is 14.2. The second-order valence-corrected chi connectivity index (χ2v) is 11.8. The number of amides is 1. The average Bonchev–Trinajstić information content (AvgIpc) is 2.93. The molecule has 2 N–H and O–H groups in total. The molecule has 0 heterocycles. The van der Waals surface area contributed by atoms with Gasteiger partial charge in [0.25, 0.3) is 5.91 Å². The van der Waals surface area contributed by atoms with Crippen LogP contribution in [0.5, 0.6) is 5.75 Å². The third-order valence-corrected chi connectivity index (χ3v) is 8.30. The van der Waals surface area contributed by atoms with E-state index in [2.05, 4.69) is 5.32 Å². The van der Waals surface area contributed by atoms with Crippen molar-refractivity contribution < 1.29 is 32.6 Å². The van der Waals surface area contributed by atoms with Gasteiger partial charge in [-0.25, -0.2) is 4.79 Å². The van der Waals surface area contributed by atoms with E-state index in [1.54, 1.807) is 38.1 Å². The SMILES string of the molecule is Cc1ccccc1CSC(C)(C)C(NC(=O)c1ccc2ccccc2c1OCc1ccc(C(F)(F)F)cc1)C(=O)O. The molecule has 1 unspecified atom stereocenters. The number of halogens is 3. The molecule has 0 bridgehead atoms. The van der Waals surface area contributed by atoms with Gasteiger partial charge in [0.15, 0.2) is 0 Å². The van der Waals surface area contributed by atoms with E-state index in [-0.39, 0.29) is 17.9 Å². The summed E-state index contributed by atoms with van der Waals surface area (Å²) in [5.41, 5.74) is 2.01. The molecule has 0 saturated heterocycles. The molecule has 1 amide bonds. The first-order valence-corrected chi connectivity index (χ1v) is 13.9. The van der Waals surface area contributed by atoms with Gasteiger partial charge in [-0.05, 0) is 61.0 Å². The molecule has 41 heavy (non-hydrogen) atoms. The van der Waals surface area contributed by atoms with Crippen molar-refractivity contribution in [3.05, 3.63) is 113 Å². The lowest BCUT2D eigenvalue weighted by molar-refractivity contribution is -0.140. The Bertz CT molecular complexity index is 1550. The highest BCUT2D eigenvalue weighted by Gasteiger charge is 2.38. The molecular formula is C32H30F3NO4S. The molecule has 4 rings (SSSR count). The van der Waals surface area contributed by atoms with Crippen LogP contribution in [0.15, 0.2) is 84.9 Å². The van der Waals surface area contributed by atoms with Crippen LogP contribution in [0.1, 0.15) is 46.5 Å². The molecule has 5 nitrogen and oxygen atoms in total. The van der Waals surface area contributed by atoms with Crippen LogP contribution in [0.4, 0.5) is 13.2 Å². The first-order chi connectivity index (χ1) is 19.4. The maximum atomic E-state index is 13.6. The average molecular weight is 582 g/mol. The minimum atomic E-state index is -4.45. The Kier molecular flexibility index (Phi) is 8.97. The van der Waals surface area contributed by atoms with Crippen molar-refractivity contribution in [2.75, 3.05) is 0 Å². The Morgan fingerprint density at radius 3 is 2.24 bits per heavy atom. The van der Waals surface area contributed by atoms with Crippen LogP contribution in [-0.2, 0) is 23.3 Å². The van der Waals surface area contributed by atoms with Crippen LogP contribution in [0.25, 0.3) is 10.8 Å². The number of thioether (sulfide) groups is 1. The highest BCUT2D eigenvalue weighted by Crippen LogP contribution is 2.35. The quantitative estimate of drug-likeness (QED) is 0.201.